The number of likely N-dealkylation sites (tertiary alicyclic amines) is 1. The molecule has 1 heterocycles. The van der Waals surface area contributed by atoms with Gasteiger partial charge in [0, 0.05) is 25.2 Å². The number of carbonyl (C=O) groups excluding carboxylic acids is 1. The van der Waals surface area contributed by atoms with Crippen molar-refractivity contribution in [1.29, 1.82) is 0 Å². The fourth-order valence-electron chi connectivity index (χ4n) is 3.35. The van der Waals surface area contributed by atoms with Gasteiger partial charge in [0.15, 0.2) is 0 Å². The largest absolute Gasteiger partial charge is 0.453 e. The molecule has 2 rings (SSSR count). The van der Waals surface area contributed by atoms with Crippen LogP contribution in [0.15, 0.2) is 0 Å². The predicted octanol–water partition coefficient (Wildman–Crippen LogP) is 1.34. The van der Waals surface area contributed by atoms with Crippen LogP contribution in [-0.2, 0) is 4.74 Å². The highest BCUT2D eigenvalue weighted by atomic mass is 16.5. The molecule has 2 fully saturated rings. The van der Waals surface area contributed by atoms with Crippen LogP contribution in [0.1, 0.15) is 38.5 Å². The Balaban J connectivity index is 1.71. The van der Waals surface area contributed by atoms with Crippen LogP contribution in [-0.4, -0.2) is 56.4 Å². The summed E-state index contributed by atoms with van der Waals surface area (Å²) in [6.45, 7) is 3.99. The smallest absolute Gasteiger partial charge is 0.406 e. The van der Waals surface area contributed by atoms with Crippen LogP contribution in [0.4, 0.5) is 4.79 Å². The molecule has 1 aliphatic carbocycles. The van der Waals surface area contributed by atoms with Crippen molar-refractivity contribution in [1.82, 2.24) is 15.5 Å². The average molecular weight is 269 g/mol. The lowest BCUT2D eigenvalue weighted by Crippen LogP contribution is -2.52. The van der Waals surface area contributed by atoms with E-state index in [0.717, 1.165) is 6.54 Å². The second-order valence-corrected chi connectivity index (χ2v) is 5.57. The summed E-state index contributed by atoms with van der Waals surface area (Å²) in [5, 5.41) is 6.34. The predicted molar refractivity (Wildman–Crippen MR) is 75.3 cm³/mol. The second-order valence-electron chi connectivity index (χ2n) is 5.57. The van der Waals surface area contributed by atoms with E-state index in [4.69, 9.17) is 0 Å². The number of methoxy groups -OCH3 is 1. The summed E-state index contributed by atoms with van der Waals surface area (Å²) in [6, 6.07) is 1.29. The molecule has 0 aromatic rings. The summed E-state index contributed by atoms with van der Waals surface area (Å²) in [5.41, 5.74) is 0. The lowest BCUT2D eigenvalue weighted by atomic mass is 9.89. The van der Waals surface area contributed by atoms with E-state index < -0.39 is 0 Å². The zero-order valence-corrected chi connectivity index (χ0v) is 12.0. The van der Waals surface area contributed by atoms with Crippen LogP contribution < -0.4 is 10.6 Å². The fourth-order valence-corrected chi connectivity index (χ4v) is 3.35. The lowest BCUT2D eigenvalue weighted by molar-refractivity contribution is 0.147. The van der Waals surface area contributed by atoms with Gasteiger partial charge in [0.25, 0.3) is 0 Å². The van der Waals surface area contributed by atoms with Gasteiger partial charge in [0.05, 0.1) is 7.11 Å². The zero-order chi connectivity index (χ0) is 13.5. The maximum atomic E-state index is 11.0. The third-order valence-corrected chi connectivity index (χ3v) is 4.33. The maximum Gasteiger partial charge on any atom is 0.406 e. The maximum absolute atomic E-state index is 11.0. The Kier molecular flexibility index (Phi) is 5.92. The lowest BCUT2D eigenvalue weighted by Gasteiger charge is -2.38. The van der Waals surface area contributed by atoms with Gasteiger partial charge in [0.1, 0.15) is 0 Å². The molecule has 5 nitrogen and oxygen atoms in total. The highest BCUT2D eigenvalue weighted by Gasteiger charge is 2.30. The van der Waals surface area contributed by atoms with Gasteiger partial charge in [0.2, 0.25) is 0 Å². The highest BCUT2D eigenvalue weighted by Crippen LogP contribution is 2.26. The van der Waals surface area contributed by atoms with Crippen LogP contribution in [0.3, 0.4) is 0 Å². The van der Waals surface area contributed by atoms with Crippen LogP contribution in [0, 0.1) is 0 Å². The van der Waals surface area contributed by atoms with Gasteiger partial charge in [-0.2, -0.15) is 0 Å². The van der Waals surface area contributed by atoms with Crippen molar-refractivity contribution in [3.63, 3.8) is 0 Å². The van der Waals surface area contributed by atoms with E-state index in [0.29, 0.717) is 18.6 Å². The third kappa shape index (κ3) is 4.35. The molecule has 19 heavy (non-hydrogen) atoms. The number of hydrogen-bond donors (Lipinski definition) is 2. The van der Waals surface area contributed by atoms with Gasteiger partial charge < -0.3 is 15.4 Å². The van der Waals surface area contributed by atoms with Gasteiger partial charge in [-0.15, -0.1) is 0 Å². The Morgan fingerprint density at radius 1 is 1.16 bits per heavy atom. The molecule has 1 saturated heterocycles. The molecule has 2 atom stereocenters. The fraction of sp³-hybridized carbons (Fsp3) is 0.929. The van der Waals surface area contributed by atoms with E-state index in [1.54, 1.807) is 0 Å². The van der Waals surface area contributed by atoms with Crippen molar-refractivity contribution in [2.75, 3.05) is 33.3 Å². The highest BCUT2D eigenvalue weighted by molar-refractivity contribution is 5.66. The number of carbonyl (C=O) groups is 1. The van der Waals surface area contributed by atoms with E-state index in [1.807, 2.05) is 0 Å². The number of hydrogen-bond acceptors (Lipinski definition) is 4. The molecular formula is C14H27N3O2. The minimum Gasteiger partial charge on any atom is -0.453 e. The van der Waals surface area contributed by atoms with Gasteiger partial charge in [-0.25, -0.2) is 4.79 Å². The summed E-state index contributed by atoms with van der Waals surface area (Å²) in [4.78, 5) is 13.6. The van der Waals surface area contributed by atoms with E-state index >= 15 is 0 Å². The monoisotopic (exact) mass is 269 g/mol. The molecule has 5 heteroatoms. The van der Waals surface area contributed by atoms with Crippen molar-refractivity contribution in [2.45, 2.75) is 50.6 Å². The van der Waals surface area contributed by atoms with Crippen LogP contribution in [0.2, 0.25) is 0 Å². The molecular weight excluding hydrogens is 242 g/mol. The van der Waals surface area contributed by atoms with Crippen molar-refractivity contribution in [3.05, 3.63) is 0 Å². The van der Waals surface area contributed by atoms with Crippen LogP contribution in [0.5, 0.6) is 0 Å². The molecule has 0 bridgehead atoms. The Morgan fingerprint density at radius 3 is 2.63 bits per heavy atom. The summed E-state index contributed by atoms with van der Waals surface area (Å²) in [5.74, 6) is 0. The number of ether oxygens (including phenoxy) is 1. The second kappa shape index (κ2) is 7.70. The Bertz CT molecular complexity index is 280. The average Bonchev–Trinajstić information content (AvgIpc) is 2.97. The number of nitrogens with zero attached hydrogens (tertiary/aromatic N) is 1. The van der Waals surface area contributed by atoms with Crippen molar-refractivity contribution < 1.29 is 9.53 Å². The van der Waals surface area contributed by atoms with Gasteiger partial charge in [-0.1, -0.05) is 12.8 Å². The molecule has 2 N–H and O–H groups in total. The molecule has 1 aliphatic heterocycles. The Hall–Kier alpha value is -0.810. The standard InChI is InChI=1S/C14H27N3O2/c1-19-14(18)16-9-8-15-12-6-2-3-7-13(12)17-10-4-5-11-17/h12-13,15H,2-11H2,1H3,(H,16,18)/t12-,13+/m1/s1. The number of rotatable bonds is 5. The Labute approximate surface area is 116 Å². The van der Waals surface area contributed by atoms with E-state index in [2.05, 4.69) is 20.3 Å². The topological polar surface area (TPSA) is 53.6 Å². The minimum absolute atomic E-state index is 0.346. The number of alkyl carbamates (subject to hydrolysis) is 1. The molecule has 0 spiro atoms. The Morgan fingerprint density at radius 2 is 1.89 bits per heavy atom. The molecule has 0 aromatic carbocycles. The summed E-state index contributed by atoms with van der Waals surface area (Å²) in [7, 11) is 1.40. The SMILES string of the molecule is COC(=O)NCCN[C@@H]1CCCC[C@@H]1N1CCCC1. The minimum atomic E-state index is -0.346. The quantitative estimate of drug-likeness (QED) is 0.740. The first-order valence-electron chi connectivity index (χ1n) is 7.60. The number of amides is 1. The van der Waals surface area contributed by atoms with Gasteiger partial charge >= 0.3 is 6.09 Å². The molecule has 0 radical (unpaired) electrons. The summed E-state index contributed by atoms with van der Waals surface area (Å²) >= 11 is 0. The van der Waals surface area contributed by atoms with Crippen LogP contribution >= 0.6 is 0 Å². The van der Waals surface area contributed by atoms with Gasteiger partial charge in [-0.05, 0) is 38.8 Å². The molecule has 0 aromatic heterocycles. The first kappa shape index (κ1) is 14.6. The van der Waals surface area contributed by atoms with E-state index in [-0.39, 0.29) is 6.09 Å². The zero-order valence-electron chi connectivity index (χ0n) is 12.0. The third-order valence-electron chi connectivity index (χ3n) is 4.33. The molecule has 0 unspecified atom stereocenters. The first-order chi connectivity index (χ1) is 9.31. The van der Waals surface area contributed by atoms with Crippen molar-refractivity contribution >= 4 is 6.09 Å². The molecule has 2 aliphatic rings. The first-order valence-corrected chi connectivity index (χ1v) is 7.60. The van der Waals surface area contributed by atoms with E-state index in [9.17, 15) is 4.79 Å². The van der Waals surface area contributed by atoms with Gasteiger partial charge in [-0.3, -0.25) is 4.90 Å². The van der Waals surface area contributed by atoms with Crippen molar-refractivity contribution in [2.24, 2.45) is 0 Å². The normalized spacial score (nSPS) is 28.3. The summed E-state index contributed by atoms with van der Waals surface area (Å²) in [6.07, 6.45) is 7.63. The molecule has 110 valence electrons. The summed E-state index contributed by atoms with van der Waals surface area (Å²) < 4.78 is 4.56. The van der Waals surface area contributed by atoms with Crippen molar-refractivity contribution in [3.8, 4) is 0 Å². The van der Waals surface area contributed by atoms with Crippen LogP contribution in [0.25, 0.3) is 0 Å². The van der Waals surface area contributed by atoms with E-state index in [1.165, 1.54) is 58.7 Å². The molecule has 1 amide bonds. The molecule has 1 saturated carbocycles. The number of nitrogens with one attached hydrogen (secondary N) is 2.